The molecule has 1 fully saturated rings. The fourth-order valence-corrected chi connectivity index (χ4v) is 2.38. The molecule has 5 heteroatoms. The quantitative estimate of drug-likeness (QED) is 0.806. The van der Waals surface area contributed by atoms with Crippen molar-refractivity contribution in [2.75, 3.05) is 13.1 Å². The normalized spacial score (nSPS) is 20.2. The number of nitrogens with zero attached hydrogens (tertiary/aromatic N) is 1. The fraction of sp³-hybridized carbons (Fsp3) is 0.857. The first-order chi connectivity index (χ1) is 8.88. The topological polar surface area (TPSA) is 69.6 Å². The standard InChI is InChI=1S/C14H26N2O3/c1-4-7-11-8-5-6-9-16(11)13(19)15-10-14(2,3)12(17)18/h11H,4-10H2,1-3H3,(H,15,19)(H,17,18). The van der Waals surface area contributed by atoms with E-state index in [9.17, 15) is 9.59 Å². The van der Waals surface area contributed by atoms with E-state index in [0.717, 1.165) is 32.2 Å². The Bertz CT molecular complexity index is 327. The number of aliphatic carboxylic acids is 1. The zero-order chi connectivity index (χ0) is 14.5. The Morgan fingerprint density at radius 3 is 2.63 bits per heavy atom. The molecule has 0 saturated carbocycles. The summed E-state index contributed by atoms with van der Waals surface area (Å²) in [6.07, 6.45) is 5.36. The third-order valence-electron chi connectivity index (χ3n) is 3.77. The molecular formula is C14H26N2O3. The number of piperidine rings is 1. The Morgan fingerprint density at radius 1 is 1.37 bits per heavy atom. The number of carboxylic acids is 1. The number of hydrogen-bond donors (Lipinski definition) is 2. The van der Waals surface area contributed by atoms with Crippen LogP contribution in [0.1, 0.15) is 52.9 Å². The van der Waals surface area contributed by atoms with Gasteiger partial charge in [-0.05, 0) is 39.5 Å². The van der Waals surface area contributed by atoms with Crippen LogP contribution >= 0.6 is 0 Å². The molecule has 0 aromatic rings. The van der Waals surface area contributed by atoms with Crippen LogP contribution in [0.5, 0.6) is 0 Å². The molecule has 0 radical (unpaired) electrons. The number of amides is 2. The molecule has 1 rings (SSSR count). The van der Waals surface area contributed by atoms with E-state index in [1.54, 1.807) is 13.8 Å². The molecule has 2 amide bonds. The van der Waals surface area contributed by atoms with Gasteiger partial charge < -0.3 is 15.3 Å². The van der Waals surface area contributed by atoms with Gasteiger partial charge >= 0.3 is 12.0 Å². The highest BCUT2D eigenvalue weighted by Crippen LogP contribution is 2.21. The van der Waals surface area contributed by atoms with Gasteiger partial charge in [-0.2, -0.15) is 0 Å². The van der Waals surface area contributed by atoms with E-state index in [1.165, 1.54) is 6.42 Å². The molecule has 0 spiro atoms. The predicted octanol–water partition coefficient (Wildman–Crippen LogP) is 2.46. The molecule has 1 heterocycles. The molecule has 1 unspecified atom stereocenters. The Balaban J connectivity index is 2.53. The number of hydrogen-bond acceptors (Lipinski definition) is 2. The van der Waals surface area contributed by atoms with Gasteiger partial charge in [0.25, 0.3) is 0 Å². The second-order valence-corrected chi connectivity index (χ2v) is 5.98. The van der Waals surface area contributed by atoms with E-state index in [1.807, 2.05) is 4.90 Å². The average molecular weight is 270 g/mol. The molecule has 1 saturated heterocycles. The molecule has 110 valence electrons. The summed E-state index contributed by atoms with van der Waals surface area (Å²) >= 11 is 0. The summed E-state index contributed by atoms with van der Waals surface area (Å²) in [6, 6.07) is 0.194. The lowest BCUT2D eigenvalue weighted by atomic mass is 9.94. The van der Waals surface area contributed by atoms with Gasteiger partial charge in [-0.15, -0.1) is 0 Å². The third kappa shape index (κ3) is 4.40. The SMILES string of the molecule is CCCC1CCCCN1C(=O)NCC(C)(C)C(=O)O. The maximum atomic E-state index is 12.2. The van der Waals surface area contributed by atoms with Gasteiger partial charge in [0.15, 0.2) is 0 Å². The van der Waals surface area contributed by atoms with Crippen molar-refractivity contribution in [1.82, 2.24) is 10.2 Å². The number of nitrogens with one attached hydrogen (secondary N) is 1. The summed E-state index contributed by atoms with van der Waals surface area (Å²) in [5, 5.41) is 11.8. The van der Waals surface area contributed by atoms with E-state index in [4.69, 9.17) is 5.11 Å². The summed E-state index contributed by atoms with van der Waals surface area (Å²) in [6.45, 7) is 6.31. The van der Waals surface area contributed by atoms with Crippen molar-refractivity contribution in [3.63, 3.8) is 0 Å². The van der Waals surface area contributed by atoms with Crippen LogP contribution in [0.2, 0.25) is 0 Å². The van der Waals surface area contributed by atoms with Gasteiger partial charge in [0.2, 0.25) is 0 Å². The second kappa shape index (κ2) is 6.78. The maximum absolute atomic E-state index is 12.2. The lowest BCUT2D eigenvalue weighted by Crippen LogP contribution is -2.51. The zero-order valence-corrected chi connectivity index (χ0v) is 12.2. The zero-order valence-electron chi connectivity index (χ0n) is 12.2. The van der Waals surface area contributed by atoms with Gasteiger partial charge in [0, 0.05) is 19.1 Å². The molecule has 0 aromatic carbocycles. The number of carbonyl (C=O) groups is 2. The minimum atomic E-state index is -0.925. The summed E-state index contributed by atoms with van der Waals surface area (Å²) in [5.74, 6) is -0.892. The summed E-state index contributed by atoms with van der Waals surface area (Å²) in [5.41, 5.74) is -0.925. The molecule has 0 aromatic heterocycles. The summed E-state index contributed by atoms with van der Waals surface area (Å²) in [7, 11) is 0. The molecule has 1 aliphatic rings. The molecule has 0 bridgehead atoms. The fourth-order valence-electron chi connectivity index (χ4n) is 2.38. The van der Waals surface area contributed by atoms with Crippen LogP contribution in [0, 0.1) is 5.41 Å². The second-order valence-electron chi connectivity index (χ2n) is 5.98. The number of carbonyl (C=O) groups excluding carboxylic acids is 1. The third-order valence-corrected chi connectivity index (χ3v) is 3.77. The molecule has 2 N–H and O–H groups in total. The number of carboxylic acid groups (broad SMARTS) is 1. The average Bonchev–Trinajstić information content (AvgIpc) is 2.37. The Labute approximate surface area is 115 Å². The van der Waals surface area contributed by atoms with Crippen molar-refractivity contribution in [2.24, 2.45) is 5.41 Å². The van der Waals surface area contributed by atoms with Crippen molar-refractivity contribution >= 4 is 12.0 Å². The van der Waals surface area contributed by atoms with Crippen LogP contribution in [0.25, 0.3) is 0 Å². The van der Waals surface area contributed by atoms with Crippen LogP contribution in [0.4, 0.5) is 4.79 Å². The van der Waals surface area contributed by atoms with Gasteiger partial charge in [-0.1, -0.05) is 13.3 Å². The Kier molecular flexibility index (Phi) is 5.63. The van der Waals surface area contributed by atoms with Crippen molar-refractivity contribution in [3.05, 3.63) is 0 Å². The molecular weight excluding hydrogens is 244 g/mol. The maximum Gasteiger partial charge on any atom is 0.317 e. The van der Waals surface area contributed by atoms with Gasteiger partial charge in [-0.25, -0.2) is 4.79 Å². The number of urea groups is 1. The highest BCUT2D eigenvalue weighted by molar-refractivity contribution is 5.77. The van der Waals surface area contributed by atoms with Gasteiger partial charge in [-0.3, -0.25) is 4.79 Å². The van der Waals surface area contributed by atoms with E-state index in [2.05, 4.69) is 12.2 Å². The first kappa shape index (κ1) is 15.8. The highest BCUT2D eigenvalue weighted by atomic mass is 16.4. The monoisotopic (exact) mass is 270 g/mol. The summed E-state index contributed by atoms with van der Waals surface area (Å²) in [4.78, 5) is 25.1. The first-order valence-electron chi connectivity index (χ1n) is 7.16. The Morgan fingerprint density at radius 2 is 2.05 bits per heavy atom. The molecule has 1 aliphatic heterocycles. The van der Waals surface area contributed by atoms with Crippen molar-refractivity contribution in [1.29, 1.82) is 0 Å². The Hall–Kier alpha value is -1.26. The highest BCUT2D eigenvalue weighted by Gasteiger charge is 2.30. The van der Waals surface area contributed by atoms with E-state index < -0.39 is 11.4 Å². The molecule has 1 atom stereocenters. The van der Waals surface area contributed by atoms with Crippen LogP contribution in [0.3, 0.4) is 0 Å². The smallest absolute Gasteiger partial charge is 0.317 e. The minimum Gasteiger partial charge on any atom is -0.481 e. The lowest BCUT2D eigenvalue weighted by molar-refractivity contribution is -0.146. The van der Waals surface area contributed by atoms with Crippen molar-refractivity contribution < 1.29 is 14.7 Å². The first-order valence-corrected chi connectivity index (χ1v) is 7.16. The van der Waals surface area contributed by atoms with E-state index in [0.29, 0.717) is 6.04 Å². The van der Waals surface area contributed by atoms with Gasteiger partial charge in [0.05, 0.1) is 5.41 Å². The van der Waals surface area contributed by atoms with Crippen LogP contribution < -0.4 is 5.32 Å². The van der Waals surface area contributed by atoms with Crippen LogP contribution in [0.15, 0.2) is 0 Å². The predicted molar refractivity (Wildman–Crippen MR) is 74.1 cm³/mol. The van der Waals surface area contributed by atoms with Gasteiger partial charge in [0.1, 0.15) is 0 Å². The van der Waals surface area contributed by atoms with Crippen molar-refractivity contribution in [2.45, 2.75) is 58.9 Å². The minimum absolute atomic E-state index is 0.118. The van der Waals surface area contributed by atoms with Crippen LogP contribution in [-0.2, 0) is 4.79 Å². The van der Waals surface area contributed by atoms with Crippen molar-refractivity contribution in [3.8, 4) is 0 Å². The molecule has 19 heavy (non-hydrogen) atoms. The van der Waals surface area contributed by atoms with Crippen LogP contribution in [-0.4, -0.2) is 41.1 Å². The number of rotatable bonds is 5. The van der Waals surface area contributed by atoms with E-state index >= 15 is 0 Å². The van der Waals surface area contributed by atoms with E-state index in [-0.39, 0.29) is 12.6 Å². The molecule has 5 nitrogen and oxygen atoms in total. The largest absolute Gasteiger partial charge is 0.481 e. The number of likely N-dealkylation sites (tertiary alicyclic amines) is 1. The summed E-state index contributed by atoms with van der Waals surface area (Å²) < 4.78 is 0. The molecule has 0 aliphatic carbocycles. The lowest BCUT2D eigenvalue weighted by Gasteiger charge is -2.36.